The van der Waals surface area contributed by atoms with E-state index in [1.807, 2.05) is 0 Å². The number of rotatable bonds is 6. The van der Waals surface area contributed by atoms with Crippen LogP contribution in [0, 0.1) is 6.92 Å². The van der Waals surface area contributed by atoms with Crippen LogP contribution in [0.25, 0.3) is 0 Å². The van der Waals surface area contributed by atoms with E-state index in [9.17, 15) is 19.2 Å². The first-order chi connectivity index (χ1) is 14.6. The molecule has 0 bridgehead atoms. The fourth-order valence-corrected chi connectivity index (χ4v) is 3.70. The molecule has 0 aliphatic carbocycles. The van der Waals surface area contributed by atoms with Crippen LogP contribution in [0.1, 0.15) is 63.0 Å². The maximum absolute atomic E-state index is 13.5. The summed E-state index contributed by atoms with van der Waals surface area (Å²) in [7, 11) is 0. The molecule has 2 aromatic heterocycles. The third kappa shape index (κ3) is 4.64. The summed E-state index contributed by atoms with van der Waals surface area (Å²) in [6.07, 6.45) is 1.39. The van der Waals surface area contributed by atoms with Gasteiger partial charge in [0.05, 0.1) is 6.54 Å². The van der Waals surface area contributed by atoms with E-state index >= 15 is 0 Å². The predicted molar refractivity (Wildman–Crippen MR) is 117 cm³/mol. The number of aromatic amines is 1. The fourth-order valence-electron chi connectivity index (χ4n) is 3.41. The molecule has 3 aromatic rings. The number of ketones is 1. The Morgan fingerprint density at radius 2 is 1.90 bits per heavy atom. The van der Waals surface area contributed by atoms with Gasteiger partial charge in [0.1, 0.15) is 11.4 Å². The zero-order valence-electron chi connectivity index (χ0n) is 17.2. The molecular weight excluding hydrogens is 420 g/mol. The van der Waals surface area contributed by atoms with Gasteiger partial charge in [0.25, 0.3) is 11.5 Å². The van der Waals surface area contributed by atoms with Crippen molar-refractivity contribution in [3.63, 3.8) is 0 Å². The quantitative estimate of drug-likeness (QED) is 0.569. The number of carbonyl (C=O) groups is 2. The van der Waals surface area contributed by atoms with Gasteiger partial charge in [-0.05, 0) is 54.3 Å². The van der Waals surface area contributed by atoms with Crippen molar-refractivity contribution in [2.75, 3.05) is 0 Å². The minimum Gasteiger partial charge on any atom is -0.364 e. The molecule has 0 atom stereocenters. The van der Waals surface area contributed by atoms with Gasteiger partial charge in [-0.3, -0.25) is 28.9 Å². The van der Waals surface area contributed by atoms with Gasteiger partial charge < -0.3 is 5.73 Å². The number of aromatic nitrogens is 3. The molecule has 0 spiro atoms. The second-order valence-corrected chi connectivity index (χ2v) is 7.96. The molecule has 0 aliphatic heterocycles. The van der Waals surface area contributed by atoms with Crippen molar-refractivity contribution < 1.29 is 9.59 Å². The van der Waals surface area contributed by atoms with Crippen LogP contribution in [0.4, 0.5) is 0 Å². The molecule has 0 radical (unpaired) electrons. The largest absolute Gasteiger partial charge is 0.364 e. The van der Waals surface area contributed by atoms with Crippen LogP contribution >= 0.6 is 11.6 Å². The summed E-state index contributed by atoms with van der Waals surface area (Å²) in [5.41, 5.74) is 5.66. The minimum atomic E-state index is -0.742. The highest BCUT2D eigenvalue weighted by molar-refractivity contribution is 6.31. The summed E-state index contributed by atoms with van der Waals surface area (Å²) in [5.74, 6) is -1.56. The lowest BCUT2D eigenvalue weighted by Gasteiger charge is -2.18. The number of aryl methyl sites for hydroxylation is 1. The Balaban J connectivity index is 2.26. The fraction of sp³-hybridized carbons (Fsp3) is 0.227. The van der Waals surface area contributed by atoms with Crippen LogP contribution in [0.3, 0.4) is 0 Å². The topological polar surface area (TPSA) is 128 Å². The number of primary amides is 1. The first kappa shape index (κ1) is 22.2. The first-order valence-electron chi connectivity index (χ1n) is 9.52. The van der Waals surface area contributed by atoms with Crippen LogP contribution < -0.4 is 17.0 Å². The molecule has 160 valence electrons. The third-order valence-corrected chi connectivity index (χ3v) is 4.97. The predicted octanol–water partition coefficient (Wildman–Crippen LogP) is 2.40. The number of benzene rings is 1. The Hall–Kier alpha value is -3.52. The van der Waals surface area contributed by atoms with Gasteiger partial charge >= 0.3 is 5.69 Å². The molecule has 2 heterocycles. The van der Waals surface area contributed by atoms with E-state index in [2.05, 4.69) is 9.97 Å². The molecule has 0 fully saturated rings. The number of halogens is 1. The van der Waals surface area contributed by atoms with E-state index in [0.29, 0.717) is 10.6 Å². The van der Waals surface area contributed by atoms with Crippen LogP contribution in [-0.2, 0) is 6.54 Å². The van der Waals surface area contributed by atoms with E-state index < -0.39 is 22.9 Å². The van der Waals surface area contributed by atoms with Crippen LogP contribution in [0.2, 0.25) is 5.02 Å². The number of hydrogen-bond acceptors (Lipinski definition) is 5. The molecule has 8 nitrogen and oxygen atoms in total. The average Bonchev–Trinajstić information content (AvgIpc) is 2.68. The molecule has 3 rings (SSSR count). The lowest BCUT2D eigenvalue weighted by Crippen LogP contribution is -2.38. The third-order valence-electron chi connectivity index (χ3n) is 4.75. The van der Waals surface area contributed by atoms with Gasteiger partial charge in [-0.25, -0.2) is 4.79 Å². The number of pyridine rings is 1. The van der Waals surface area contributed by atoms with Crippen molar-refractivity contribution in [3.05, 3.63) is 96.0 Å². The van der Waals surface area contributed by atoms with Crippen molar-refractivity contribution in [1.29, 1.82) is 0 Å². The Bertz CT molecular complexity index is 1290. The summed E-state index contributed by atoms with van der Waals surface area (Å²) in [6.45, 7) is 5.24. The number of carbonyl (C=O) groups excluding carboxylic acids is 2. The summed E-state index contributed by atoms with van der Waals surface area (Å²) < 4.78 is 1.19. The van der Waals surface area contributed by atoms with E-state index in [1.54, 1.807) is 39.0 Å². The molecule has 1 amide bonds. The molecule has 0 saturated carbocycles. The van der Waals surface area contributed by atoms with E-state index in [4.69, 9.17) is 17.3 Å². The Labute approximate surface area is 182 Å². The van der Waals surface area contributed by atoms with E-state index in [1.165, 1.54) is 22.9 Å². The highest BCUT2D eigenvalue weighted by atomic mass is 35.5. The average molecular weight is 441 g/mol. The lowest BCUT2D eigenvalue weighted by atomic mass is 9.96. The van der Waals surface area contributed by atoms with Gasteiger partial charge in [-0.2, -0.15) is 0 Å². The van der Waals surface area contributed by atoms with Crippen molar-refractivity contribution in [2.45, 2.75) is 33.2 Å². The number of nitrogens with two attached hydrogens (primary N) is 1. The minimum absolute atomic E-state index is 0.0251. The molecular formula is C22H21ClN4O4. The zero-order valence-corrected chi connectivity index (χ0v) is 18.0. The van der Waals surface area contributed by atoms with Gasteiger partial charge in [-0.1, -0.05) is 25.4 Å². The first-order valence-corrected chi connectivity index (χ1v) is 9.90. The Morgan fingerprint density at radius 3 is 2.52 bits per heavy atom. The smallest absolute Gasteiger partial charge is 0.329 e. The number of amides is 1. The van der Waals surface area contributed by atoms with Gasteiger partial charge in [0, 0.05) is 22.3 Å². The second kappa shape index (κ2) is 8.69. The van der Waals surface area contributed by atoms with E-state index in [0.717, 1.165) is 5.56 Å². The van der Waals surface area contributed by atoms with Crippen molar-refractivity contribution >= 4 is 23.3 Å². The summed E-state index contributed by atoms with van der Waals surface area (Å²) in [6, 6.07) is 7.87. The standard InChI is InChI=1S/C22H21ClN4O4/c1-11(2)17-18(19(28)14-6-12(3)7-15(23)9-14)27(22(31)26-21(17)30)10-13-4-5-25-16(8-13)20(24)29/h4-9,11H,10H2,1-3H3,(H2,24,29)(H,26,30,31). The molecule has 0 saturated heterocycles. The van der Waals surface area contributed by atoms with Crippen LogP contribution in [0.5, 0.6) is 0 Å². The molecule has 0 aliphatic rings. The second-order valence-electron chi connectivity index (χ2n) is 7.52. The van der Waals surface area contributed by atoms with Crippen LogP contribution in [0.15, 0.2) is 46.1 Å². The number of hydrogen-bond donors (Lipinski definition) is 2. The summed E-state index contributed by atoms with van der Waals surface area (Å²) >= 11 is 6.12. The monoisotopic (exact) mass is 440 g/mol. The Morgan fingerprint density at radius 1 is 1.19 bits per heavy atom. The van der Waals surface area contributed by atoms with Crippen molar-refractivity contribution in [2.24, 2.45) is 5.73 Å². The molecule has 1 aromatic carbocycles. The molecule has 9 heteroatoms. The molecule has 3 N–H and O–H groups in total. The zero-order chi connectivity index (χ0) is 22.9. The van der Waals surface area contributed by atoms with Gasteiger partial charge in [-0.15, -0.1) is 0 Å². The number of H-pyrrole nitrogens is 1. The maximum atomic E-state index is 13.5. The Kier molecular flexibility index (Phi) is 6.21. The highest BCUT2D eigenvalue weighted by Gasteiger charge is 2.25. The summed E-state index contributed by atoms with van der Waals surface area (Å²) in [5, 5.41) is 0.369. The number of nitrogens with one attached hydrogen (secondary N) is 1. The summed E-state index contributed by atoms with van der Waals surface area (Å²) in [4.78, 5) is 56.5. The van der Waals surface area contributed by atoms with Crippen LogP contribution in [-0.4, -0.2) is 26.2 Å². The van der Waals surface area contributed by atoms with Gasteiger partial charge in [0.15, 0.2) is 0 Å². The lowest BCUT2D eigenvalue weighted by molar-refractivity contribution is 0.0993. The van der Waals surface area contributed by atoms with E-state index in [-0.39, 0.29) is 35.0 Å². The molecule has 31 heavy (non-hydrogen) atoms. The van der Waals surface area contributed by atoms with Gasteiger partial charge in [0.2, 0.25) is 5.78 Å². The van der Waals surface area contributed by atoms with Crippen molar-refractivity contribution in [1.82, 2.24) is 14.5 Å². The SMILES string of the molecule is Cc1cc(Cl)cc(C(=O)c2c(C(C)C)c(=O)[nH]c(=O)n2Cc2ccnc(C(N)=O)c2)c1. The number of nitrogens with zero attached hydrogens (tertiary/aromatic N) is 2. The van der Waals surface area contributed by atoms with Crippen molar-refractivity contribution in [3.8, 4) is 0 Å². The molecule has 0 unspecified atom stereocenters. The maximum Gasteiger partial charge on any atom is 0.329 e. The normalized spacial score (nSPS) is 11.0. The highest BCUT2D eigenvalue weighted by Crippen LogP contribution is 2.22.